The maximum atomic E-state index is 11.5. The molecule has 2 aromatic rings. The van der Waals surface area contributed by atoms with E-state index in [1.54, 1.807) is 23.5 Å². The molecule has 2 rings (SSSR count). The molecule has 4 N–H and O–H groups in total. The molecule has 0 bridgehead atoms. The predicted octanol–water partition coefficient (Wildman–Crippen LogP) is 3.78. The molecule has 0 radical (unpaired) electrons. The number of benzene rings is 2. The molecule has 0 saturated heterocycles. The first-order chi connectivity index (χ1) is 14.6. The van der Waals surface area contributed by atoms with Crippen LogP contribution in [0.25, 0.3) is 0 Å². The predicted molar refractivity (Wildman–Crippen MR) is 139 cm³/mol. The summed E-state index contributed by atoms with van der Waals surface area (Å²) in [5.41, 5.74) is 2.32. The zero-order valence-corrected chi connectivity index (χ0v) is 20.8. The minimum Gasteiger partial charge on any atom is -0.480 e. The van der Waals surface area contributed by atoms with Gasteiger partial charge in [-0.15, -0.1) is 24.8 Å². The van der Waals surface area contributed by atoms with E-state index in [9.17, 15) is 19.8 Å². The summed E-state index contributed by atoms with van der Waals surface area (Å²) in [4.78, 5) is 22.9. The van der Waals surface area contributed by atoms with Gasteiger partial charge in [0.25, 0.3) is 0 Å². The van der Waals surface area contributed by atoms with Crippen molar-refractivity contribution in [1.29, 1.82) is 0 Å². The van der Waals surface area contributed by atoms with E-state index in [-0.39, 0.29) is 24.8 Å². The quantitative estimate of drug-likeness (QED) is 0.263. The molecule has 0 aromatic heterocycles. The van der Waals surface area contributed by atoms with Crippen molar-refractivity contribution in [2.45, 2.75) is 23.6 Å². The molecule has 0 unspecified atom stereocenters. The molecule has 0 heterocycles. The fraction of sp³-hybridized carbons (Fsp3) is 0.364. The van der Waals surface area contributed by atoms with E-state index in [0.29, 0.717) is 24.6 Å². The molecule has 10 heteroatoms. The summed E-state index contributed by atoms with van der Waals surface area (Å²) in [7, 11) is 0. The van der Waals surface area contributed by atoms with Crippen LogP contribution < -0.4 is 10.6 Å². The second kappa shape index (κ2) is 18.1. The number of carboxylic acids is 2. The molecule has 0 saturated carbocycles. The van der Waals surface area contributed by atoms with Crippen molar-refractivity contribution in [3.63, 3.8) is 0 Å². The summed E-state index contributed by atoms with van der Waals surface area (Å²) < 4.78 is 0. The summed E-state index contributed by atoms with van der Waals surface area (Å²) in [6.45, 7) is 0.770. The Morgan fingerprint density at radius 2 is 1.03 bits per heavy atom. The van der Waals surface area contributed by atoms with Crippen molar-refractivity contribution in [1.82, 2.24) is 10.6 Å². The minimum absolute atomic E-state index is 0. The lowest BCUT2D eigenvalue weighted by Crippen LogP contribution is -2.46. The fourth-order valence-corrected chi connectivity index (χ4v) is 4.75. The molecule has 2 aromatic carbocycles. The fourth-order valence-electron chi connectivity index (χ4n) is 2.67. The van der Waals surface area contributed by atoms with Crippen LogP contribution in [0, 0.1) is 0 Å². The van der Waals surface area contributed by atoms with Gasteiger partial charge in [0.1, 0.15) is 12.1 Å². The molecule has 0 aliphatic carbocycles. The molecule has 32 heavy (non-hydrogen) atoms. The number of carboxylic acid groups (broad SMARTS) is 2. The average molecular weight is 522 g/mol. The van der Waals surface area contributed by atoms with Gasteiger partial charge in [-0.1, -0.05) is 60.7 Å². The smallest absolute Gasteiger partial charge is 0.321 e. The number of hydrogen-bond acceptors (Lipinski definition) is 6. The number of thioether (sulfide) groups is 2. The first-order valence-corrected chi connectivity index (χ1v) is 12.0. The van der Waals surface area contributed by atoms with Crippen molar-refractivity contribution in [3.05, 3.63) is 71.8 Å². The zero-order valence-electron chi connectivity index (χ0n) is 17.5. The van der Waals surface area contributed by atoms with Crippen LogP contribution in [0.4, 0.5) is 0 Å². The summed E-state index contributed by atoms with van der Waals surface area (Å²) in [6, 6.07) is 18.5. The van der Waals surface area contributed by atoms with E-state index in [1.807, 2.05) is 60.7 Å². The van der Waals surface area contributed by atoms with Gasteiger partial charge in [-0.2, -0.15) is 23.5 Å². The average Bonchev–Trinajstić information content (AvgIpc) is 2.75. The monoisotopic (exact) mass is 520 g/mol. The summed E-state index contributed by atoms with van der Waals surface area (Å²) in [6.07, 6.45) is 0. The topological polar surface area (TPSA) is 98.7 Å². The Bertz CT molecular complexity index is 708. The lowest BCUT2D eigenvalue weighted by Gasteiger charge is -2.17. The molecule has 0 amide bonds. The Balaban J connectivity index is 0.00000480. The van der Waals surface area contributed by atoms with Crippen LogP contribution in [-0.4, -0.2) is 58.8 Å². The highest BCUT2D eigenvalue weighted by Crippen LogP contribution is 2.14. The van der Waals surface area contributed by atoms with E-state index in [0.717, 1.165) is 22.6 Å². The van der Waals surface area contributed by atoms with Crippen LogP contribution in [-0.2, 0) is 21.1 Å². The number of halogens is 2. The van der Waals surface area contributed by atoms with Gasteiger partial charge in [0.2, 0.25) is 0 Å². The molecular weight excluding hydrogens is 491 g/mol. The highest BCUT2D eigenvalue weighted by Gasteiger charge is 2.19. The van der Waals surface area contributed by atoms with Crippen LogP contribution >= 0.6 is 48.3 Å². The molecule has 0 aliphatic heterocycles. The van der Waals surface area contributed by atoms with Crippen LogP contribution in [0.1, 0.15) is 11.1 Å². The zero-order chi connectivity index (χ0) is 21.6. The van der Waals surface area contributed by atoms with Gasteiger partial charge < -0.3 is 20.8 Å². The first kappa shape index (κ1) is 30.6. The Labute approximate surface area is 210 Å². The summed E-state index contributed by atoms with van der Waals surface area (Å²) >= 11 is 3.12. The third kappa shape index (κ3) is 12.6. The minimum atomic E-state index is -0.899. The van der Waals surface area contributed by atoms with E-state index < -0.39 is 24.0 Å². The maximum Gasteiger partial charge on any atom is 0.321 e. The van der Waals surface area contributed by atoms with E-state index in [4.69, 9.17) is 0 Å². The van der Waals surface area contributed by atoms with E-state index in [1.165, 1.54) is 0 Å². The Kier molecular flexibility index (Phi) is 17.3. The second-order valence-corrected chi connectivity index (χ2v) is 8.75. The van der Waals surface area contributed by atoms with Gasteiger partial charge >= 0.3 is 11.9 Å². The number of carbonyl (C=O) groups is 2. The van der Waals surface area contributed by atoms with Gasteiger partial charge in [0.15, 0.2) is 0 Å². The highest BCUT2D eigenvalue weighted by atomic mass is 35.5. The van der Waals surface area contributed by atoms with Gasteiger partial charge in [-0.25, -0.2) is 0 Å². The third-order valence-electron chi connectivity index (χ3n) is 4.29. The van der Waals surface area contributed by atoms with Gasteiger partial charge in [-0.05, 0) is 11.1 Å². The van der Waals surface area contributed by atoms with Crippen LogP contribution in [0.5, 0.6) is 0 Å². The maximum absolute atomic E-state index is 11.5. The van der Waals surface area contributed by atoms with Crippen molar-refractivity contribution < 1.29 is 19.8 Å². The number of rotatable bonds is 15. The summed E-state index contributed by atoms with van der Waals surface area (Å²) in [5.74, 6) is 0.598. The van der Waals surface area contributed by atoms with Crippen LogP contribution in [0.3, 0.4) is 0 Å². The Morgan fingerprint density at radius 3 is 1.34 bits per heavy atom. The number of hydrogen-bond donors (Lipinski definition) is 4. The third-order valence-corrected chi connectivity index (χ3v) is 6.51. The Hall–Kier alpha value is -1.42. The van der Waals surface area contributed by atoms with Crippen molar-refractivity contribution in [3.8, 4) is 0 Å². The molecule has 0 spiro atoms. The SMILES string of the molecule is Cl.Cl.O=C(O)[C@H](CSCc1ccccc1)NCCN[C@@H](CSCc1ccccc1)C(=O)O. The van der Waals surface area contributed by atoms with Crippen molar-refractivity contribution >= 4 is 60.3 Å². The molecule has 178 valence electrons. The molecule has 6 nitrogen and oxygen atoms in total. The summed E-state index contributed by atoms with van der Waals surface area (Å²) in [5, 5.41) is 24.8. The van der Waals surface area contributed by atoms with Crippen LogP contribution in [0.2, 0.25) is 0 Å². The molecule has 2 atom stereocenters. The van der Waals surface area contributed by atoms with Crippen LogP contribution in [0.15, 0.2) is 60.7 Å². The number of aliphatic carboxylic acids is 2. The van der Waals surface area contributed by atoms with E-state index >= 15 is 0 Å². The number of nitrogens with one attached hydrogen (secondary N) is 2. The van der Waals surface area contributed by atoms with Gasteiger partial charge in [0.05, 0.1) is 0 Å². The molecule has 0 fully saturated rings. The highest BCUT2D eigenvalue weighted by molar-refractivity contribution is 7.98. The standard InChI is InChI=1S/C22H28N2O4S2.2ClH/c25-21(26)19(15-29-13-17-7-3-1-4-8-17)23-11-12-24-20(22(27)28)16-30-14-18-9-5-2-6-10-18;;/h1-10,19-20,23-24H,11-16H2,(H,25,26)(H,27,28);2*1H/t19-,20-;;/m0../s1. The largest absolute Gasteiger partial charge is 0.480 e. The van der Waals surface area contributed by atoms with Gasteiger partial charge in [0, 0.05) is 36.1 Å². The Morgan fingerprint density at radius 1 is 0.688 bits per heavy atom. The van der Waals surface area contributed by atoms with Gasteiger partial charge in [-0.3, -0.25) is 9.59 Å². The van der Waals surface area contributed by atoms with Crippen molar-refractivity contribution in [2.24, 2.45) is 0 Å². The lowest BCUT2D eigenvalue weighted by atomic mass is 10.2. The second-order valence-electron chi connectivity index (χ2n) is 6.69. The van der Waals surface area contributed by atoms with E-state index in [2.05, 4.69) is 10.6 Å². The first-order valence-electron chi connectivity index (χ1n) is 9.72. The van der Waals surface area contributed by atoms with Crippen molar-refractivity contribution in [2.75, 3.05) is 24.6 Å². The normalized spacial score (nSPS) is 12.1. The molecular formula is C22H30Cl2N2O4S2. The molecule has 0 aliphatic rings. The lowest BCUT2D eigenvalue weighted by molar-refractivity contribution is -0.140.